The van der Waals surface area contributed by atoms with Gasteiger partial charge in [-0.1, -0.05) is 6.42 Å². The predicted molar refractivity (Wildman–Crippen MR) is 81.9 cm³/mol. The fourth-order valence-corrected chi connectivity index (χ4v) is 3.95. The van der Waals surface area contributed by atoms with Crippen molar-refractivity contribution < 1.29 is 4.79 Å². The average molecular weight is 284 g/mol. The number of aromatic amines is 1. The predicted octanol–water partition coefficient (Wildman–Crippen LogP) is 2.47. The van der Waals surface area contributed by atoms with Crippen LogP contribution in [0.4, 0.5) is 5.69 Å². The van der Waals surface area contributed by atoms with Gasteiger partial charge in [-0.25, -0.2) is 4.98 Å². The first-order chi connectivity index (χ1) is 9.98. The van der Waals surface area contributed by atoms with Crippen LogP contribution in [0.2, 0.25) is 0 Å². The Morgan fingerprint density at radius 1 is 1.38 bits per heavy atom. The van der Waals surface area contributed by atoms with Gasteiger partial charge in [0, 0.05) is 5.69 Å². The number of hydrogen-bond acceptors (Lipinski definition) is 3. The minimum Gasteiger partial charge on any atom is -0.342 e. The van der Waals surface area contributed by atoms with E-state index in [2.05, 4.69) is 15.3 Å². The van der Waals surface area contributed by atoms with E-state index in [4.69, 9.17) is 5.73 Å². The molecule has 2 aromatic rings. The van der Waals surface area contributed by atoms with E-state index < -0.39 is 5.54 Å². The van der Waals surface area contributed by atoms with Gasteiger partial charge in [-0.05, 0) is 56.2 Å². The maximum atomic E-state index is 12.4. The normalized spacial score (nSPS) is 21.8. The molecule has 2 aliphatic rings. The summed E-state index contributed by atoms with van der Waals surface area (Å²) >= 11 is 0. The molecule has 4 N–H and O–H groups in total. The van der Waals surface area contributed by atoms with Crippen molar-refractivity contribution in [1.29, 1.82) is 0 Å². The van der Waals surface area contributed by atoms with Gasteiger partial charge in [-0.15, -0.1) is 0 Å². The molecule has 1 aromatic carbocycles. The monoisotopic (exact) mass is 284 g/mol. The number of nitrogens with two attached hydrogens (primary N) is 1. The van der Waals surface area contributed by atoms with E-state index in [1.807, 2.05) is 25.1 Å². The second kappa shape index (κ2) is 4.07. The number of carbonyl (C=O) groups is 1. The Labute approximate surface area is 123 Å². The number of aromatic nitrogens is 2. The zero-order chi connectivity index (χ0) is 14.7. The maximum absolute atomic E-state index is 12.4. The molecule has 5 heteroatoms. The van der Waals surface area contributed by atoms with Crippen LogP contribution in [-0.4, -0.2) is 21.4 Å². The lowest BCUT2D eigenvalue weighted by Crippen LogP contribution is -2.66. The molecule has 1 amide bonds. The summed E-state index contributed by atoms with van der Waals surface area (Å²) < 4.78 is 0. The number of fused-ring (bicyclic) bond motifs is 1. The number of nitrogens with one attached hydrogen (secondary N) is 2. The number of hydrogen-bond donors (Lipinski definition) is 3. The third-order valence-corrected chi connectivity index (χ3v) is 5.11. The lowest BCUT2D eigenvalue weighted by Gasteiger charge is -2.58. The molecule has 0 aliphatic heterocycles. The summed E-state index contributed by atoms with van der Waals surface area (Å²) in [5.74, 6) is 0.810. The smallest absolute Gasteiger partial charge is 0.244 e. The highest BCUT2D eigenvalue weighted by Crippen LogP contribution is 2.59. The van der Waals surface area contributed by atoms with E-state index in [1.165, 1.54) is 19.3 Å². The summed E-state index contributed by atoms with van der Waals surface area (Å²) in [5.41, 5.74) is 8.58. The molecule has 1 spiro atoms. The van der Waals surface area contributed by atoms with Crippen LogP contribution in [0.25, 0.3) is 11.0 Å². The number of benzene rings is 1. The zero-order valence-corrected chi connectivity index (χ0v) is 12.2. The van der Waals surface area contributed by atoms with Gasteiger partial charge in [-0.2, -0.15) is 0 Å². The molecule has 2 saturated carbocycles. The zero-order valence-electron chi connectivity index (χ0n) is 12.2. The van der Waals surface area contributed by atoms with Crippen molar-refractivity contribution in [2.24, 2.45) is 11.1 Å². The molecule has 0 unspecified atom stereocenters. The summed E-state index contributed by atoms with van der Waals surface area (Å²) in [6, 6.07) is 5.70. The molecule has 1 aromatic heterocycles. The van der Waals surface area contributed by atoms with Gasteiger partial charge in [0.15, 0.2) is 0 Å². The fourth-order valence-electron chi connectivity index (χ4n) is 3.95. The Bertz CT molecular complexity index is 721. The molecule has 0 bridgehead atoms. The Morgan fingerprint density at radius 3 is 2.81 bits per heavy atom. The number of carbonyl (C=O) groups excluding carboxylic acids is 1. The van der Waals surface area contributed by atoms with Crippen LogP contribution in [0.1, 0.15) is 37.9 Å². The van der Waals surface area contributed by atoms with Gasteiger partial charge in [0.05, 0.1) is 16.6 Å². The molecule has 0 saturated heterocycles. The topological polar surface area (TPSA) is 83.8 Å². The summed E-state index contributed by atoms with van der Waals surface area (Å²) in [7, 11) is 0. The van der Waals surface area contributed by atoms with Crippen molar-refractivity contribution in [3.8, 4) is 0 Å². The van der Waals surface area contributed by atoms with Gasteiger partial charge in [0.1, 0.15) is 5.82 Å². The molecule has 0 radical (unpaired) electrons. The first kappa shape index (κ1) is 12.8. The van der Waals surface area contributed by atoms with E-state index in [9.17, 15) is 4.79 Å². The van der Waals surface area contributed by atoms with Gasteiger partial charge in [0.2, 0.25) is 5.91 Å². The molecule has 110 valence electrons. The first-order valence-corrected chi connectivity index (χ1v) is 7.55. The summed E-state index contributed by atoms with van der Waals surface area (Å²) in [5, 5.41) is 2.96. The standard InChI is InChI=1S/C16H20N4O/c1-10-18-12-4-3-11(7-13(12)19-10)20-14(21)16(17)8-15(9-16)5-2-6-15/h3-4,7H,2,5-6,8-9,17H2,1H3,(H,18,19)(H,20,21). The van der Waals surface area contributed by atoms with Crippen molar-refractivity contribution >= 4 is 22.6 Å². The van der Waals surface area contributed by atoms with Crippen molar-refractivity contribution in [2.75, 3.05) is 5.32 Å². The van der Waals surface area contributed by atoms with Gasteiger partial charge in [-0.3, -0.25) is 4.79 Å². The third-order valence-electron chi connectivity index (χ3n) is 5.11. The van der Waals surface area contributed by atoms with Crippen molar-refractivity contribution in [2.45, 2.75) is 44.6 Å². The SMILES string of the molecule is Cc1nc2ccc(NC(=O)C3(N)CC4(CCC4)C3)cc2[nH]1. The quantitative estimate of drug-likeness (QED) is 0.792. The molecular formula is C16H20N4O. The van der Waals surface area contributed by atoms with Gasteiger partial charge in [0.25, 0.3) is 0 Å². The lowest BCUT2D eigenvalue weighted by molar-refractivity contribution is -0.135. The van der Waals surface area contributed by atoms with Crippen molar-refractivity contribution in [1.82, 2.24) is 9.97 Å². The van der Waals surface area contributed by atoms with Crippen molar-refractivity contribution in [3.05, 3.63) is 24.0 Å². The molecule has 2 aliphatic carbocycles. The average Bonchev–Trinajstić information content (AvgIpc) is 2.72. The fraction of sp³-hybridized carbons (Fsp3) is 0.500. The lowest BCUT2D eigenvalue weighted by atomic mass is 9.48. The number of imidazole rings is 1. The minimum absolute atomic E-state index is 0.0596. The molecule has 21 heavy (non-hydrogen) atoms. The highest BCUT2D eigenvalue weighted by molar-refractivity contribution is 6.00. The van der Waals surface area contributed by atoms with E-state index in [0.29, 0.717) is 5.41 Å². The van der Waals surface area contributed by atoms with Gasteiger partial charge < -0.3 is 16.0 Å². The summed E-state index contributed by atoms with van der Waals surface area (Å²) in [4.78, 5) is 20.0. The number of nitrogens with zero attached hydrogens (tertiary/aromatic N) is 1. The molecule has 0 atom stereocenters. The number of anilines is 1. The minimum atomic E-state index is -0.681. The van der Waals surface area contributed by atoms with Crippen LogP contribution in [0.3, 0.4) is 0 Å². The highest BCUT2D eigenvalue weighted by Gasteiger charge is 2.58. The number of amides is 1. The first-order valence-electron chi connectivity index (χ1n) is 7.55. The number of rotatable bonds is 2. The van der Waals surface area contributed by atoms with Crippen molar-refractivity contribution in [3.63, 3.8) is 0 Å². The van der Waals surface area contributed by atoms with Crippen LogP contribution in [0.15, 0.2) is 18.2 Å². The molecule has 1 heterocycles. The molecular weight excluding hydrogens is 264 g/mol. The summed E-state index contributed by atoms with van der Waals surface area (Å²) in [6.45, 7) is 1.92. The largest absolute Gasteiger partial charge is 0.342 e. The Kier molecular flexibility index (Phi) is 2.49. The van der Waals surface area contributed by atoms with Crippen LogP contribution >= 0.6 is 0 Å². The molecule has 2 fully saturated rings. The summed E-state index contributed by atoms with van der Waals surface area (Å²) in [6.07, 6.45) is 5.42. The van der Waals surface area contributed by atoms with Crippen LogP contribution in [-0.2, 0) is 4.79 Å². The Morgan fingerprint density at radius 2 is 2.14 bits per heavy atom. The van der Waals surface area contributed by atoms with Gasteiger partial charge >= 0.3 is 0 Å². The van der Waals surface area contributed by atoms with E-state index in [0.717, 1.165) is 35.4 Å². The maximum Gasteiger partial charge on any atom is 0.244 e. The Hall–Kier alpha value is -1.88. The highest BCUT2D eigenvalue weighted by atomic mass is 16.2. The van der Waals surface area contributed by atoms with E-state index in [1.54, 1.807) is 0 Å². The number of H-pyrrole nitrogens is 1. The molecule has 4 rings (SSSR count). The van der Waals surface area contributed by atoms with Crippen LogP contribution in [0, 0.1) is 12.3 Å². The van der Waals surface area contributed by atoms with E-state index in [-0.39, 0.29) is 5.91 Å². The van der Waals surface area contributed by atoms with Crippen LogP contribution in [0.5, 0.6) is 0 Å². The third kappa shape index (κ3) is 1.95. The Balaban J connectivity index is 1.50. The van der Waals surface area contributed by atoms with E-state index >= 15 is 0 Å². The van der Waals surface area contributed by atoms with Crippen LogP contribution < -0.4 is 11.1 Å². The number of aryl methyl sites for hydroxylation is 1. The second-order valence-corrected chi connectivity index (χ2v) is 6.87. The molecule has 5 nitrogen and oxygen atoms in total. The second-order valence-electron chi connectivity index (χ2n) is 6.87.